The zero-order valence-corrected chi connectivity index (χ0v) is 23.6. The molecule has 4 aromatic rings. The van der Waals surface area contributed by atoms with Crippen LogP contribution in [0, 0.1) is 0 Å². The van der Waals surface area contributed by atoms with Gasteiger partial charge in [0.05, 0.1) is 29.6 Å². The van der Waals surface area contributed by atoms with Gasteiger partial charge in [-0.25, -0.2) is 22.2 Å². The van der Waals surface area contributed by atoms with Gasteiger partial charge in [-0.15, -0.1) is 0 Å². The van der Waals surface area contributed by atoms with E-state index < -0.39 is 27.9 Å². The van der Waals surface area contributed by atoms with E-state index >= 15 is 0 Å². The van der Waals surface area contributed by atoms with Crippen LogP contribution in [-0.4, -0.2) is 49.9 Å². The third-order valence-corrected chi connectivity index (χ3v) is 7.80. The summed E-state index contributed by atoms with van der Waals surface area (Å²) in [4.78, 5) is 17.8. The number of pyridine rings is 1. The van der Waals surface area contributed by atoms with Gasteiger partial charge in [0.1, 0.15) is 11.4 Å². The number of methoxy groups -OCH3 is 1. The molecule has 0 saturated carbocycles. The number of sulfonamides is 1. The number of aromatic hydroxyl groups is 1. The Morgan fingerprint density at radius 3 is 2.41 bits per heavy atom. The average molecular weight is 584 g/mol. The molecule has 41 heavy (non-hydrogen) atoms. The molecule has 0 spiro atoms. The lowest BCUT2D eigenvalue weighted by atomic mass is 9.99. The average Bonchev–Trinajstić information content (AvgIpc) is 2.93. The summed E-state index contributed by atoms with van der Waals surface area (Å²) in [7, 11) is -2.22. The second-order valence-electron chi connectivity index (χ2n) is 9.76. The molecule has 1 heterocycles. The summed E-state index contributed by atoms with van der Waals surface area (Å²) >= 11 is 0. The maximum atomic E-state index is 13.9. The first kappa shape index (κ1) is 29.9. The summed E-state index contributed by atoms with van der Waals surface area (Å²) in [6, 6.07) is 18.4. The predicted molar refractivity (Wildman–Crippen MR) is 155 cm³/mol. The van der Waals surface area contributed by atoms with Crippen LogP contribution in [0.1, 0.15) is 35.5 Å². The topological polar surface area (TPSA) is 118 Å². The lowest BCUT2D eigenvalue weighted by Crippen LogP contribution is -2.40. The molecule has 0 fully saturated rings. The molecule has 0 bridgehead atoms. The fourth-order valence-corrected chi connectivity index (χ4v) is 4.99. The number of nitrogens with zero attached hydrogens (tertiary/aromatic N) is 1. The van der Waals surface area contributed by atoms with Crippen LogP contribution in [-0.2, 0) is 27.1 Å². The molecule has 0 aliphatic heterocycles. The van der Waals surface area contributed by atoms with E-state index in [9.17, 15) is 27.1 Å². The molecule has 1 atom stereocenters. The van der Waals surface area contributed by atoms with Gasteiger partial charge in [-0.3, -0.25) is 9.52 Å². The van der Waals surface area contributed by atoms with Crippen molar-refractivity contribution in [1.82, 2.24) is 10.3 Å². The number of benzene rings is 3. The van der Waals surface area contributed by atoms with Crippen molar-refractivity contribution in [2.24, 2.45) is 0 Å². The van der Waals surface area contributed by atoms with E-state index in [0.29, 0.717) is 28.5 Å². The predicted octanol–water partition coefficient (Wildman–Crippen LogP) is 5.47. The zero-order valence-electron chi connectivity index (χ0n) is 22.8. The normalized spacial score (nSPS) is 12.7. The number of halogens is 2. The summed E-state index contributed by atoms with van der Waals surface area (Å²) in [5.74, 6) is -3.63. The van der Waals surface area contributed by atoms with Crippen LogP contribution >= 0.6 is 0 Å². The van der Waals surface area contributed by atoms with Gasteiger partial charge in [-0.2, -0.15) is 0 Å². The SMILES string of the molecule is CCS(=O)(=O)Nc1cc(C(=O)N[C@H](COC)Cc2ccc(O)cc2)nc2ccc(-c3cccc(C(C)(F)F)c3)cc12. The summed E-state index contributed by atoms with van der Waals surface area (Å²) in [5, 5.41) is 12.8. The monoisotopic (exact) mass is 583 g/mol. The standard InChI is InChI=1S/C30H31F2N3O5S/c1-4-41(38,39)35-27-17-28(29(37)33-23(18-40-3)14-19-8-11-24(36)12-9-19)34-26-13-10-21(16-25(26)27)20-6-5-7-22(15-20)30(2,31)32/h5-13,15-17,23,36H,4,14,18H2,1-3H3,(H,33,37)(H,34,35)/t23-/m0/s1. The lowest BCUT2D eigenvalue weighted by Gasteiger charge is -2.19. The minimum Gasteiger partial charge on any atom is -0.508 e. The molecule has 0 aliphatic rings. The van der Waals surface area contributed by atoms with Gasteiger partial charge >= 0.3 is 0 Å². The number of fused-ring (bicyclic) bond motifs is 1. The Morgan fingerprint density at radius 1 is 1.05 bits per heavy atom. The van der Waals surface area contributed by atoms with Crippen molar-refractivity contribution in [3.05, 3.63) is 89.6 Å². The first-order valence-electron chi connectivity index (χ1n) is 12.9. The fraction of sp³-hybridized carbons (Fsp3) is 0.267. The smallest absolute Gasteiger partial charge is 0.270 e. The summed E-state index contributed by atoms with van der Waals surface area (Å²) in [6.07, 6.45) is 0.419. The quantitative estimate of drug-likeness (QED) is 0.216. The van der Waals surface area contributed by atoms with E-state index in [1.54, 1.807) is 48.5 Å². The molecule has 0 saturated heterocycles. The van der Waals surface area contributed by atoms with Crippen molar-refractivity contribution in [2.75, 3.05) is 24.2 Å². The van der Waals surface area contributed by atoms with E-state index in [1.165, 1.54) is 38.3 Å². The lowest BCUT2D eigenvalue weighted by molar-refractivity contribution is 0.0175. The van der Waals surface area contributed by atoms with Gasteiger partial charge in [-0.1, -0.05) is 36.4 Å². The molecule has 1 amide bonds. The third kappa shape index (κ3) is 7.56. The highest BCUT2D eigenvalue weighted by Crippen LogP contribution is 2.33. The molecule has 11 heteroatoms. The van der Waals surface area contributed by atoms with Gasteiger partial charge in [-0.05, 0) is 66.4 Å². The van der Waals surface area contributed by atoms with Crippen LogP contribution in [0.5, 0.6) is 5.75 Å². The van der Waals surface area contributed by atoms with Gasteiger partial charge in [0.2, 0.25) is 10.0 Å². The van der Waals surface area contributed by atoms with Crippen LogP contribution in [0.15, 0.2) is 72.8 Å². The second kappa shape index (κ2) is 12.2. The van der Waals surface area contributed by atoms with Gasteiger partial charge in [0.25, 0.3) is 11.8 Å². The molecule has 8 nitrogen and oxygen atoms in total. The summed E-state index contributed by atoms with van der Waals surface area (Å²) in [5.41, 5.74) is 2.29. The first-order valence-corrected chi connectivity index (χ1v) is 14.6. The Labute approximate surface area is 237 Å². The van der Waals surface area contributed by atoms with Gasteiger partial charge in [0, 0.05) is 25.0 Å². The van der Waals surface area contributed by atoms with E-state index in [0.717, 1.165) is 12.5 Å². The third-order valence-electron chi connectivity index (χ3n) is 6.51. The maximum Gasteiger partial charge on any atom is 0.270 e. The van der Waals surface area contributed by atoms with Gasteiger partial charge < -0.3 is 15.2 Å². The highest BCUT2D eigenvalue weighted by molar-refractivity contribution is 7.92. The number of carbonyl (C=O) groups is 1. The van der Waals surface area contributed by atoms with Crippen molar-refractivity contribution in [1.29, 1.82) is 0 Å². The highest BCUT2D eigenvalue weighted by Gasteiger charge is 2.24. The number of amides is 1. The number of ether oxygens (including phenoxy) is 1. The summed E-state index contributed by atoms with van der Waals surface area (Å²) < 4.78 is 60.8. The van der Waals surface area contributed by atoms with Crippen molar-refractivity contribution >= 4 is 32.5 Å². The molecule has 3 N–H and O–H groups in total. The number of hydrogen-bond acceptors (Lipinski definition) is 6. The number of aromatic nitrogens is 1. The molecular formula is C30H31F2N3O5S. The number of hydrogen-bond donors (Lipinski definition) is 3. The van der Waals surface area contributed by atoms with E-state index in [2.05, 4.69) is 15.0 Å². The maximum absolute atomic E-state index is 13.9. The fourth-order valence-electron chi connectivity index (χ4n) is 4.35. The molecule has 1 aromatic heterocycles. The Morgan fingerprint density at radius 2 is 1.76 bits per heavy atom. The largest absolute Gasteiger partial charge is 0.508 e. The van der Waals surface area contributed by atoms with Crippen LogP contribution in [0.3, 0.4) is 0 Å². The van der Waals surface area contributed by atoms with Crippen molar-refractivity contribution < 1.29 is 31.8 Å². The van der Waals surface area contributed by atoms with E-state index in [4.69, 9.17) is 4.74 Å². The molecule has 0 radical (unpaired) electrons. The van der Waals surface area contributed by atoms with Crippen LogP contribution in [0.4, 0.5) is 14.5 Å². The van der Waals surface area contributed by atoms with E-state index in [-0.39, 0.29) is 35.1 Å². The van der Waals surface area contributed by atoms with Crippen LogP contribution in [0.25, 0.3) is 22.0 Å². The Balaban J connectivity index is 1.72. The van der Waals surface area contributed by atoms with Gasteiger partial charge in [0.15, 0.2) is 0 Å². The van der Waals surface area contributed by atoms with E-state index in [1.807, 2.05) is 0 Å². The Bertz CT molecular complexity index is 1660. The number of nitrogens with one attached hydrogen (secondary N) is 2. The van der Waals surface area contributed by atoms with Crippen LogP contribution < -0.4 is 10.0 Å². The second-order valence-corrected chi connectivity index (χ2v) is 11.8. The minimum atomic E-state index is -3.74. The number of carbonyl (C=O) groups excluding carboxylic acids is 1. The van der Waals surface area contributed by atoms with Crippen LogP contribution in [0.2, 0.25) is 0 Å². The summed E-state index contributed by atoms with van der Waals surface area (Å²) in [6.45, 7) is 2.51. The molecule has 3 aromatic carbocycles. The minimum absolute atomic E-state index is 0.0153. The molecule has 4 rings (SSSR count). The number of anilines is 1. The number of phenolic OH excluding ortho intramolecular Hbond substituents is 1. The van der Waals surface area contributed by atoms with Crippen molar-refractivity contribution in [3.8, 4) is 16.9 Å². The number of phenols is 1. The molecule has 0 unspecified atom stereocenters. The number of alkyl halides is 2. The highest BCUT2D eigenvalue weighted by atomic mass is 32.2. The molecular weight excluding hydrogens is 552 g/mol. The first-order chi connectivity index (χ1) is 19.4. The zero-order chi connectivity index (χ0) is 29.8. The van der Waals surface area contributed by atoms with Crippen molar-refractivity contribution in [3.63, 3.8) is 0 Å². The Kier molecular flexibility index (Phi) is 8.89. The van der Waals surface area contributed by atoms with Crippen molar-refractivity contribution in [2.45, 2.75) is 32.2 Å². The molecule has 0 aliphatic carbocycles. The molecule has 216 valence electrons. The Hall–Kier alpha value is -4.09. The number of rotatable bonds is 11.